The summed E-state index contributed by atoms with van der Waals surface area (Å²) in [7, 11) is 0. The van der Waals surface area contributed by atoms with Crippen molar-refractivity contribution in [1.29, 1.82) is 0 Å². The molecule has 2 atom stereocenters. The summed E-state index contributed by atoms with van der Waals surface area (Å²) < 4.78 is 6.13. The molecule has 0 aromatic carbocycles. The molecule has 1 saturated heterocycles. The van der Waals surface area contributed by atoms with Crippen LogP contribution < -0.4 is 4.90 Å². The van der Waals surface area contributed by atoms with Gasteiger partial charge in [-0.1, -0.05) is 0 Å². The monoisotopic (exact) mass is 350 g/mol. The van der Waals surface area contributed by atoms with Gasteiger partial charge in [-0.25, -0.2) is 9.97 Å². The molecule has 0 unspecified atom stereocenters. The molecule has 2 aromatic rings. The van der Waals surface area contributed by atoms with Gasteiger partial charge in [0.1, 0.15) is 11.5 Å². The highest BCUT2D eigenvalue weighted by Crippen LogP contribution is 2.37. The number of aromatic nitrogens is 3. The summed E-state index contributed by atoms with van der Waals surface area (Å²) >= 11 is 0. The summed E-state index contributed by atoms with van der Waals surface area (Å²) in [6.07, 6.45) is 10.3. The second-order valence-corrected chi connectivity index (χ2v) is 7.82. The van der Waals surface area contributed by atoms with Crippen LogP contribution in [0.2, 0.25) is 0 Å². The van der Waals surface area contributed by atoms with Gasteiger partial charge in [-0.2, -0.15) is 0 Å². The molecule has 3 heterocycles. The lowest BCUT2D eigenvalue weighted by molar-refractivity contribution is 0.0590. The molecule has 3 aliphatic rings. The van der Waals surface area contributed by atoms with Gasteiger partial charge in [0.15, 0.2) is 5.82 Å². The molecule has 5 rings (SSSR count). The third-order valence-corrected chi connectivity index (χ3v) is 6.02. The Kier molecular flexibility index (Phi) is 4.12. The summed E-state index contributed by atoms with van der Waals surface area (Å²) in [5, 5.41) is 0. The number of rotatable bonds is 2. The van der Waals surface area contributed by atoms with E-state index < -0.39 is 0 Å². The van der Waals surface area contributed by atoms with Gasteiger partial charge in [0.2, 0.25) is 0 Å². The zero-order valence-corrected chi connectivity index (χ0v) is 15.4. The van der Waals surface area contributed by atoms with Crippen molar-refractivity contribution in [2.24, 2.45) is 0 Å². The van der Waals surface area contributed by atoms with Crippen molar-refractivity contribution < 1.29 is 4.74 Å². The van der Waals surface area contributed by atoms with E-state index in [2.05, 4.69) is 22.9 Å². The third kappa shape index (κ3) is 2.78. The highest BCUT2D eigenvalue weighted by molar-refractivity contribution is 5.60. The normalized spacial score (nSPS) is 25.0. The van der Waals surface area contributed by atoms with E-state index in [0.29, 0.717) is 12.1 Å². The maximum atomic E-state index is 6.13. The van der Waals surface area contributed by atoms with Crippen LogP contribution >= 0.6 is 0 Å². The first-order valence-electron chi connectivity index (χ1n) is 10.0. The minimum Gasteiger partial charge on any atom is -0.376 e. The summed E-state index contributed by atoms with van der Waals surface area (Å²) in [6, 6.07) is 4.58. The van der Waals surface area contributed by atoms with E-state index >= 15 is 0 Å². The average molecular weight is 350 g/mol. The summed E-state index contributed by atoms with van der Waals surface area (Å²) in [4.78, 5) is 17.1. The van der Waals surface area contributed by atoms with E-state index in [4.69, 9.17) is 14.7 Å². The first-order chi connectivity index (χ1) is 12.8. The molecule has 1 saturated carbocycles. The topological polar surface area (TPSA) is 51.1 Å². The molecule has 0 radical (unpaired) electrons. The Bertz CT molecular complexity index is 822. The number of anilines is 1. The van der Waals surface area contributed by atoms with Gasteiger partial charge < -0.3 is 9.64 Å². The Morgan fingerprint density at radius 2 is 2.08 bits per heavy atom. The van der Waals surface area contributed by atoms with Crippen LogP contribution in [0.3, 0.4) is 0 Å². The van der Waals surface area contributed by atoms with E-state index in [1.807, 2.05) is 12.3 Å². The minimum absolute atomic E-state index is 0.366. The minimum atomic E-state index is 0.366. The van der Waals surface area contributed by atoms with Crippen molar-refractivity contribution in [2.75, 3.05) is 18.1 Å². The quantitative estimate of drug-likeness (QED) is 0.830. The molecule has 26 heavy (non-hydrogen) atoms. The Morgan fingerprint density at radius 1 is 1.12 bits per heavy atom. The fraction of sp³-hybridized carbons (Fsp3) is 0.571. The van der Waals surface area contributed by atoms with E-state index in [1.54, 1.807) is 0 Å². The molecule has 5 heteroatoms. The number of nitrogens with zero attached hydrogens (tertiary/aromatic N) is 4. The molecular weight excluding hydrogens is 324 g/mol. The second kappa shape index (κ2) is 6.62. The Hall–Kier alpha value is -2.01. The number of ether oxygens (including phenoxy) is 1. The lowest BCUT2D eigenvalue weighted by atomic mass is 10.1. The number of aryl methyl sites for hydroxylation is 2. The zero-order chi connectivity index (χ0) is 17.5. The zero-order valence-electron chi connectivity index (χ0n) is 15.4. The largest absolute Gasteiger partial charge is 0.376 e. The van der Waals surface area contributed by atoms with Crippen molar-refractivity contribution in [2.45, 2.75) is 64.0 Å². The lowest BCUT2D eigenvalue weighted by Gasteiger charge is -2.32. The van der Waals surface area contributed by atoms with Gasteiger partial charge in [-0.15, -0.1) is 0 Å². The Balaban J connectivity index is 1.61. The molecule has 0 amide bonds. The number of hydrogen-bond donors (Lipinski definition) is 0. The fourth-order valence-electron chi connectivity index (χ4n) is 4.78. The van der Waals surface area contributed by atoms with E-state index in [-0.39, 0.29) is 0 Å². The van der Waals surface area contributed by atoms with E-state index in [9.17, 15) is 0 Å². The van der Waals surface area contributed by atoms with Gasteiger partial charge in [0.25, 0.3) is 0 Å². The molecule has 2 fully saturated rings. The lowest BCUT2D eigenvalue weighted by Crippen LogP contribution is -2.41. The SMILES string of the molecule is Cc1ccnc(-c2nc3c(c(N4CCCO[C@@H]5CCC[C@@H]54)n2)CCC3)c1. The van der Waals surface area contributed by atoms with Gasteiger partial charge in [0, 0.05) is 30.6 Å². The van der Waals surface area contributed by atoms with Crippen LogP contribution in [0.15, 0.2) is 18.3 Å². The number of fused-ring (bicyclic) bond motifs is 2. The predicted molar refractivity (Wildman–Crippen MR) is 101 cm³/mol. The molecule has 2 aromatic heterocycles. The van der Waals surface area contributed by atoms with E-state index in [0.717, 1.165) is 49.8 Å². The first-order valence-corrected chi connectivity index (χ1v) is 10.0. The molecule has 0 spiro atoms. The van der Waals surface area contributed by atoms with E-state index in [1.165, 1.54) is 42.5 Å². The van der Waals surface area contributed by atoms with Crippen LogP contribution in [0, 0.1) is 6.92 Å². The Morgan fingerprint density at radius 3 is 3.00 bits per heavy atom. The summed E-state index contributed by atoms with van der Waals surface area (Å²) in [6.45, 7) is 4.00. The summed E-state index contributed by atoms with van der Waals surface area (Å²) in [5.41, 5.74) is 4.68. The molecular formula is C21H26N4O. The van der Waals surface area contributed by atoms with Crippen molar-refractivity contribution in [3.63, 3.8) is 0 Å². The van der Waals surface area contributed by atoms with Crippen LogP contribution in [-0.2, 0) is 17.6 Å². The van der Waals surface area contributed by atoms with Gasteiger partial charge in [-0.3, -0.25) is 4.98 Å². The van der Waals surface area contributed by atoms with Crippen molar-refractivity contribution in [3.05, 3.63) is 35.2 Å². The highest BCUT2D eigenvalue weighted by Gasteiger charge is 2.37. The molecule has 5 nitrogen and oxygen atoms in total. The smallest absolute Gasteiger partial charge is 0.180 e. The molecule has 2 aliphatic carbocycles. The average Bonchev–Trinajstić information content (AvgIpc) is 3.27. The first kappa shape index (κ1) is 16.2. The molecule has 136 valence electrons. The van der Waals surface area contributed by atoms with Gasteiger partial charge >= 0.3 is 0 Å². The van der Waals surface area contributed by atoms with Gasteiger partial charge in [0.05, 0.1) is 12.1 Å². The maximum Gasteiger partial charge on any atom is 0.180 e. The molecule has 0 bridgehead atoms. The van der Waals surface area contributed by atoms with Crippen LogP contribution in [0.25, 0.3) is 11.5 Å². The van der Waals surface area contributed by atoms with Gasteiger partial charge in [-0.05, 0) is 69.6 Å². The summed E-state index contributed by atoms with van der Waals surface area (Å²) in [5.74, 6) is 1.94. The van der Waals surface area contributed by atoms with Crippen molar-refractivity contribution in [1.82, 2.24) is 15.0 Å². The fourth-order valence-corrected chi connectivity index (χ4v) is 4.78. The standard InChI is InChI=1S/C21H26N4O/c1-14-9-10-22-17(13-14)20-23-16-6-2-5-15(16)21(24-20)25-11-4-12-26-19-8-3-7-18(19)25/h9-10,13,18-19H,2-8,11-12H2,1H3/t18-,19+/m0/s1. The molecule has 1 aliphatic heterocycles. The maximum absolute atomic E-state index is 6.13. The van der Waals surface area contributed by atoms with Crippen LogP contribution in [0.1, 0.15) is 48.9 Å². The van der Waals surface area contributed by atoms with Crippen LogP contribution in [0.5, 0.6) is 0 Å². The van der Waals surface area contributed by atoms with Crippen molar-refractivity contribution in [3.8, 4) is 11.5 Å². The highest BCUT2D eigenvalue weighted by atomic mass is 16.5. The third-order valence-electron chi connectivity index (χ3n) is 6.02. The van der Waals surface area contributed by atoms with Crippen LogP contribution in [0.4, 0.5) is 5.82 Å². The number of hydrogen-bond acceptors (Lipinski definition) is 5. The second-order valence-electron chi connectivity index (χ2n) is 7.82. The molecule has 0 N–H and O–H groups in total. The predicted octanol–water partition coefficient (Wildman–Crippen LogP) is 3.48. The number of pyridine rings is 1. The Labute approximate surface area is 154 Å². The van der Waals surface area contributed by atoms with Crippen LogP contribution in [-0.4, -0.2) is 40.2 Å². The van der Waals surface area contributed by atoms with Crippen molar-refractivity contribution >= 4 is 5.82 Å².